The predicted octanol–water partition coefficient (Wildman–Crippen LogP) is 1.28. The van der Waals surface area contributed by atoms with Gasteiger partial charge in [0.1, 0.15) is 6.61 Å². The second kappa shape index (κ2) is 5.22. The molecule has 1 amide bonds. The third-order valence-electron chi connectivity index (χ3n) is 2.29. The van der Waals surface area contributed by atoms with Gasteiger partial charge in [-0.1, -0.05) is 6.92 Å². The highest BCUT2D eigenvalue weighted by Crippen LogP contribution is 2.29. The van der Waals surface area contributed by atoms with Crippen LogP contribution in [0.4, 0.5) is 0 Å². The van der Waals surface area contributed by atoms with Gasteiger partial charge in [0, 0.05) is 20.2 Å². The average Bonchev–Trinajstić information content (AvgIpc) is 2.88. The van der Waals surface area contributed by atoms with Crippen molar-refractivity contribution in [2.45, 2.75) is 26.2 Å². The van der Waals surface area contributed by atoms with Crippen molar-refractivity contribution < 1.29 is 9.53 Å². The Kier molecular flexibility index (Phi) is 4.22. The van der Waals surface area contributed by atoms with E-state index in [0.29, 0.717) is 0 Å². The van der Waals surface area contributed by atoms with Gasteiger partial charge in [-0.15, -0.1) is 0 Å². The van der Waals surface area contributed by atoms with Crippen LogP contribution in [0.3, 0.4) is 0 Å². The van der Waals surface area contributed by atoms with Crippen LogP contribution in [-0.4, -0.2) is 37.6 Å². The Hall–Kier alpha value is -0.570. The Morgan fingerprint density at radius 3 is 2.69 bits per heavy atom. The van der Waals surface area contributed by atoms with Crippen molar-refractivity contribution in [3.63, 3.8) is 0 Å². The number of methoxy groups -OCH3 is 1. The second-order valence-corrected chi connectivity index (χ2v) is 3.72. The molecular weight excluding hydrogens is 166 g/mol. The first-order valence-electron chi connectivity index (χ1n) is 5.04. The fraction of sp³-hybridized carbons (Fsp3) is 0.900. The molecule has 0 spiro atoms. The Bertz CT molecular complexity index is 166. The minimum atomic E-state index is 0.135. The molecule has 0 aromatic heterocycles. The van der Waals surface area contributed by atoms with Crippen molar-refractivity contribution in [3.8, 4) is 0 Å². The van der Waals surface area contributed by atoms with E-state index < -0.39 is 0 Å². The molecule has 0 bridgehead atoms. The van der Waals surface area contributed by atoms with Crippen molar-refractivity contribution in [1.29, 1.82) is 0 Å². The van der Waals surface area contributed by atoms with Crippen LogP contribution in [-0.2, 0) is 9.53 Å². The van der Waals surface area contributed by atoms with Crippen LogP contribution in [0.15, 0.2) is 0 Å². The Labute approximate surface area is 80.1 Å². The minimum absolute atomic E-state index is 0.135. The molecule has 0 aliphatic heterocycles. The standard InChI is InChI=1S/C10H19NO2/c1-3-6-11(7-9-4-5-9)10(12)8-13-2/h9H,3-8H2,1-2H3. The van der Waals surface area contributed by atoms with Crippen LogP contribution in [0.1, 0.15) is 26.2 Å². The van der Waals surface area contributed by atoms with Gasteiger partial charge in [0.2, 0.25) is 5.91 Å². The lowest BCUT2D eigenvalue weighted by atomic mass is 10.3. The van der Waals surface area contributed by atoms with Gasteiger partial charge in [0.05, 0.1) is 0 Å². The maximum atomic E-state index is 11.5. The molecule has 1 aliphatic rings. The molecule has 1 fully saturated rings. The summed E-state index contributed by atoms with van der Waals surface area (Å²) in [5.41, 5.74) is 0. The monoisotopic (exact) mass is 185 g/mol. The molecule has 3 nitrogen and oxygen atoms in total. The van der Waals surface area contributed by atoms with E-state index in [2.05, 4.69) is 6.92 Å². The number of carbonyl (C=O) groups excluding carboxylic acids is 1. The summed E-state index contributed by atoms with van der Waals surface area (Å²) in [5, 5.41) is 0. The largest absolute Gasteiger partial charge is 0.375 e. The lowest BCUT2D eigenvalue weighted by Gasteiger charge is -2.21. The van der Waals surface area contributed by atoms with Gasteiger partial charge in [-0.2, -0.15) is 0 Å². The first-order valence-corrected chi connectivity index (χ1v) is 5.04. The molecule has 1 saturated carbocycles. The molecule has 0 aromatic rings. The lowest BCUT2D eigenvalue weighted by molar-refractivity contribution is -0.135. The summed E-state index contributed by atoms with van der Waals surface area (Å²) < 4.78 is 4.84. The van der Waals surface area contributed by atoms with Gasteiger partial charge in [-0.3, -0.25) is 4.79 Å². The zero-order chi connectivity index (χ0) is 9.68. The first-order chi connectivity index (χ1) is 6.27. The van der Waals surface area contributed by atoms with E-state index in [9.17, 15) is 4.79 Å². The molecule has 76 valence electrons. The van der Waals surface area contributed by atoms with E-state index >= 15 is 0 Å². The van der Waals surface area contributed by atoms with E-state index in [0.717, 1.165) is 25.4 Å². The van der Waals surface area contributed by atoms with Crippen molar-refractivity contribution in [3.05, 3.63) is 0 Å². The summed E-state index contributed by atoms with van der Waals surface area (Å²) in [6.45, 7) is 4.14. The van der Waals surface area contributed by atoms with Gasteiger partial charge in [0.25, 0.3) is 0 Å². The Balaban J connectivity index is 2.29. The SMILES string of the molecule is CCCN(CC1CC1)C(=O)COC. The highest BCUT2D eigenvalue weighted by molar-refractivity contribution is 5.77. The van der Waals surface area contributed by atoms with E-state index in [1.807, 2.05) is 4.90 Å². The predicted molar refractivity (Wildman–Crippen MR) is 51.5 cm³/mol. The van der Waals surface area contributed by atoms with Crippen LogP contribution in [0.25, 0.3) is 0 Å². The third-order valence-corrected chi connectivity index (χ3v) is 2.29. The normalized spacial score (nSPS) is 15.8. The summed E-state index contributed by atoms with van der Waals surface area (Å²) in [4.78, 5) is 13.4. The number of hydrogen-bond acceptors (Lipinski definition) is 2. The van der Waals surface area contributed by atoms with Crippen molar-refractivity contribution in [2.24, 2.45) is 5.92 Å². The quantitative estimate of drug-likeness (QED) is 0.624. The third kappa shape index (κ3) is 3.77. The molecule has 0 heterocycles. The fourth-order valence-electron chi connectivity index (χ4n) is 1.41. The summed E-state index contributed by atoms with van der Waals surface area (Å²) in [5.74, 6) is 0.906. The number of amides is 1. The number of nitrogens with zero attached hydrogens (tertiary/aromatic N) is 1. The number of hydrogen-bond donors (Lipinski definition) is 0. The average molecular weight is 185 g/mol. The summed E-state index contributed by atoms with van der Waals surface area (Å²) in [7, 11) is 1.57. The molecule has 0 atom stereocenters. The Morgan fingerprint density at radius 2 is 2.23 bits per heavy atom. The van der Waals surface area contributed by atoms with Crippen LogP contribution < -0.4 is 0 Å². The van der Waals surface area contributed by atoms with Crippen LogP contribution in [0, 0.1) is 5.92 Å². The number of ether oxygens (including phenoxy) is 1. The minimum Gasteiger partial charge on any atom is -0.375 e. The molecule has 13 heavy (non-hydrogen) atoms. The van der Waals surface area contributed by atoms with E-state index in [1.54, 1.807) is 7.11 Å². The molecule has 3 heteroatoms. The van der Waals surface area contributed by atoms with Gasteiger partial charge in [-0.05, 0) is 25.2 Å². The summed E-state index contributed by atoms with van der Waals surface area (Å²) in [6, 6.07) is 0. The van der Waals surface area contributed by atoms with Crippen molar-refractivity contribution >= 4 is 5.91 Å². The smallest absolute Gasteiger partial charge is 0.248 e. The number of carbonyl (C=O) groups is 1. The molecule has 0 radical (unpaired) electrons. The van der Waals surface area contributed by atoms with Gasteiger partial charge in [0.15, 0.2) is 0 Å². The van der Waals surface area contributed by atoms with Crippen molar-refractivity contribution in [2.75, 3.05) is 26.8 Å². The van der Waals surface area contributed by atoms with Gasteiger partial charge < -0.3 is 9.64 Å². The highest BCUT2D eigenvalue weighted by Gasteiger charge is 2.25. The summed E-state index contributed by atoms with van der Waals surface area (Å²) in [6.07, 6.45) is 3.61. The molecule has 0 saturated heterocycles. The lowest BCUT2D eigenvalue weighted by Crippen LogP contribution is -2.36. The maximum Gasteiger partial charge on any atom is 0.248 e. The van der Waals surface area contributed by atoms with E-state index in [-0.39, 0.29) is 12.5 Å². The maximum absolute atomic E-state index is 11.5. The molecule has 0 N–H and O–H groups in total. The Morgan fingerprint density at radius 1 is 1.54 bits per heavy atom. The number of rotatable bonds is 6. The summed E-state index contributed by atoms with van der Waals surface area (Å²) >= 11 is 0. The van der Waals surface area contributed by atoms with E-state index in [4.69, 9.17) is 4.74 Å². The zero-order valence-electron chi connectivity index (χ0n) is 8.58. The highest BCUT2D eigenvalue weighted by atomic mass is 16.5. The fourth-order valence-corrected chi connectivity index (χ4v) is 1.41. The second-order valence-electron chi connectivity index (χ2n) is 3.72. The molecule has 1 aliphatic carbocycles. The zero-order valence-corrected chi connectivity index (χ0v) is 8.58. The van der Waals surface area contributed by atoms with Crippen molar-refractivity contribution in [1.82, 2.24) is 4.90 Å². The first kappa shape index (κ1) is 10.5. The molecule has 0 unspecified atom stereocenters. The van der Waals surface area contributed by atoms with Gasteiger partial charge >= 0.3 is 0 Å². The molecular formula is C10H19NO2. The topological polar surface area (TPSA) is 29.5 Å². The van der Waals surface area contributed by atoms with E-state index in [1.165, 1.54) is 12.8 Å². The van der Waals surface area contributed by atoms with Crippen LogP contribution in [0.2, 0.25) is 0 Å². The van der Waals surface area contributed by atoms with Crippen LogP contribution >= 0.6 is 0 Å². The molecule has 1 rings (SSSR count). The van der Waals surface area contributed by atoms with Crippen LogP contribution in [0.5, 0.6) is 0 Å². The molecule has 0 aromatic carbocycles. The van der Waals surface area contributed by atoms with Gasteiger partial charge in [-0.25, -0.2) is 0 Å².